The molecule has 0 aliphatic carbocycles. The van der Waals surface area contributed by atoms with E-state index in [9.17, 15) is 18.4 Å². The van der Waals surface area contributed by atoms with Gasteiger partial charge in [-0.25, -0.2) is 18.7 Å². The van der Waals surface area contributed by atoms with Gasteiger partial charge in [0.05, 0.1) is 11.0 Å². The van der Waals surface area contributed by atoms with Gasteiger partial charge in [-0.2, -0.15) is 0 Å². The average Bonchev–Trinajstić information content (AvgIpc) is 3.09. The lowest BCUT2D eigenvalue weighted by atomic mass is 10.3. The topological polar surface area (TPSA) is 71.3 Å². The molecule has 0 aliphatic heterocycles. The molecule has 0 radical (unpaired) electrons. The van der Waals surface area contributed by atoms with E-state index in [0.29, 0.717) is 28.9 Å². The summed E-state index contributed by atoms with van der Waals surface area (Å²) < 4.78 is 29.2. The van der Waals surface area contributed by atoms with Crippen LogP contribution < -0.4 is 10.5 Å². The van der Waals surface area contributed by atoms with E-state index < -0.39 is 11.6 Å². The lowest BCUT2D eigenvalue weighted by Crippen LogP contribution is -2.38. The summed E-state index contributed by atoms with van der Waals surface area (Å²) in [6.07, 6.45) is 1.99. The highest BCUT2D eigenvalue weighted by Gasteiger charge is 2.22. The monoisotopic (exact) mass is 435 g/mol. The third kappa shape index (κ3) is 4.71. The van der Waals surface area contributed by atoms with Gasteiger partial charge < -0.3 is 4.90 Å². The molecule has 160 valence electrons. The summed E-state index contributed by atoms with van der Waals surface area (Å²) in [4.78, 5) is 37.3. The van der Waals surface area contributed by atoms with E-state index in [2.05, 4.69) is 9.97 Å². The first-order chi connectivity index (χ1) is 14.2. The fraction of sp³-hybridized carbons (Fsp3) is 0.400. The van der Waals surface area contributed by atoms with Crippen molar-refractivity contribution in [3.8, 4) is 0 Å². The SMILES string of the molecule is Cc1ncn(CC(=O)N(CCCN(C)C)c2nc3c(F)cc(F)cc3s2)c(=O)c1C. The van der Waals surface area contributed by atoms with E-state index in [-0.39, 0.29) is 28.7 Å². The molecule has 0 N–H and O–H groups in total. The molecular formula is C20H23F2N5O2S. The van der Waals surface area contributed by atoms with Gasteiger partial charge in [-0.05, 0) is 47.0 Å². The van der Waals surface area contributed by atoms with Gasteiger partial charge in [0.25, 0.3) is 5.56 Å². The Morgan fingerprint density at radius 3 is 2.63 bits per heavy atom. The molecule has 10 heteroatoms. The number of amides is 1. The number of benzene rings is 1. The molecule has 1 amide bonds. The molecule has 0 fully saturated rings. The summed E-state index contributed by atoms with van der Waals surface area (Å²) in [7, 11) is 3.84. The predicted molar refractivity (Wildman–Crippen MR) is 113 cm³/mol. The average molecular weight is 436 g/mol. The normalized spacial score (nSPS) is 11.4. The Labute approximate surface area is 176 Å². The molecule has 0 aliphatic rings. The number of hydrogen-bond donors (Lipinski definition) is 0. The lowest BCUT2D eigenvalue weighted by Gasteiger charge is -2.21. The van der Waals surface area contributed by atoms with Crippen LogP contribution in [0.5, 0.6) is 0 Å². The van der Waals surface area contributed by atoms with Crippen molar-refractivity contribution in [2.75, 3.05) is 32.1 Å². The Morgan fingerprint density at radius 1 is 1.20 bits per heavy atom. The fourth-order valence-corrected chi connectivity index (χ4v) is 4.00. The van der Waals surface area contributed by atoms with Crippen molar-refractivity contribution in [3.63, 3.8) is 0 Å². The van der Waals surface area contributed by atoms with E-state index in [0.717, 1.165) is 23.9 Å². The second-order valence-electron chi connectivity index (χ2n) is 7.32. The molecule has 2 aromatic heterocycles. The summed E-state index contributed by atoms with van der Waals surface area (Å²) in [6, 6.07) is 1.96. The van der Waals surface area contributed by atoms with Gasteiger partial charge in [0.2, 0.25) is 5.91 Å². The summed E-state index contributed by atoms with van der Waals surface area (Å²) in [5, 5.41) is 0.267. The van der Waals surface area contributed by atoms with Crippen LogP contribution in [0.1, 0.15) is 17.7 Å². The highest BCUT2D eigenvalue weighted by Crippen LogP contribution is 2.31. The Kier molecular flexibility index (Phi) is 6.57. The van der Waals surface area contributed by atoms with Crippen LogP contribution in [0.15, 0.2) is 23.3 Å². The molecule has 0 bridgehead atoms. The van der Waals surface area contributed by atoms with Crippen LogP contribution in [0.3, 0.4) is 0 Å². The second kappa shape index (κ2) is 8.97. The van der Waals surface area contributed by atoms with Gasteiger partial charge in [-0.1, -0.05) is 11.3 Å². The Hall–Kier alpha value is -2.72. The van der Waals surface area contributed by atoms with Gasteiger partial charge in [-0.3, -0.25) is 19.1 Å². The maximum atomic E-state index is 14.1. The molecule has 30 heavy (non-hydrogen) atoms. The standard InChI is InChI=1S/C20H23F2N5O2S/c1-12-13(2)23-11-26(19(12)29)10-17(28)27(7-5-6-25(3)4)20-24-18-15(22)8-14(21)9-16(18)30-20/h8-9,11H,5-7,10H2,1-4H3. The van der Waals surface area contributed by atoms with E-state index in [4.69, 9.17) is 0 Å². The number of nitrogens with zero attached hydrogens (tertiary/aromatic N) is 5. The van der Waals surface area contributed by atoms with Crippen molar-refractivity contribution in [2.24, 2.45) is 0 Å². The zero-order valence-electron chi connectivity index (χ0n) is 17.3. The quantitative estimate of drug-likeness (QED) is 0.571. The van der Waals surface area contributed by atoms with Crippen molar-refractivity contribution in [1.82, 2.24) is 19.4 Å². The Balaban J connectivity index is 1.94. The number of carbonyl (C=O) groups excluding carboxylic acids is 1. The number of thiazole rings is 1. The van der Waals surface area contributed by atoms with Crippen LogP contribution in [0.2, 0.25) is 0 Å². The highest BCUT2D eigenvalue weighted by atomic mass is 32.1. The minimum Gasteiger partial charge on any atom is -0.309 e. The molecule has 7 nitrogen and oxygen atoms in total. The summed E-state index contributed by atoms with van der Waals surface area (Å²) in [5.41, 5.74) is 0.811. The van der Waals surface area contributed by atoms with Crippen molar-refractivity contribution >= 4 is 32.6 Å². The Bertz CT molecular complexity index is 1140. The number of carbonyl (C=O) groups is 1. The van der Waals surface area contributed by atoms with Crippen LogP contribution in [-0.2, 0) is 11.3 Å². The number of fused-ring (bicyclic) bond motifs is 1. The maximum Gasteiger partial charge on any atom is 0.256 e. The summed E-state index contributed by atoms with van der Waals surface area (Å²) in [6.45, 7) is 4.22. The highest BCUT2D eigenvalue weighted by molar-refractivity contribution is 7.22. The number of anilines is 1. The van der Waals surface area contributed by atoms with E-state index in [1.807, 2.05) is 19.0 Å². The van der Waals surface area contributed by atoms with Crippen LogP contribution in [0.25, 0.3) is 10.2 Å². The van der Waals surface area contributed by atoms with Crippen LogP contribution in [0, 0.1) is 25.5 Å². The molecule has 0 unspecified atom stereocenters. The van der Waals surface area contributed by atoms with Gasteiger partial charge in [0, 0.05) is 23.9 Å². The maximum absolute atomic E-state index is 14.1. The third-order valence-electron chi connectivity index (χ3n) is 4.74. The van der Waals surface area contributed by atoms with Gasteiger partial charge >= 0.3 is 0 Å². The minimum atomic E-state index is -0.775. The molecular weight excluding hydrogens is 412 g/mol. The number of aryl methyl sites for hydroxylation is 1. The van der Waals surface area contributed by atoms with Gasteiger partial charge in [0.1, 0.15) is 17.9 Å². The number of rotatable bonds is 7. The molecule has 0 spiro atoms. The van der Waals surface area contributed by atoms with Crippen LogP contribution in [-0.4, -0.2) is 52.5 Å². The predicted octanol–water partition coefficient (Wildman–Crippen LogP) is 2.73. The largest absolute Gasteiger partial charge is 0.309 e. The van der Waals surface area contributed by atoms with Gasteiger partial charge in [-0.15, -0.1) is 0 Å². The van der Waals surface area contributed by atoms with E-state index in [1.165, 1.54) is 21.9 Å². The first-order valence-electron chi connectivity index (χ1n) is 9.40. The zero-order valence-corrected chi connectivity index (χ0v) is 18.1. The van der Waals surface area contributed by atoms with E-state index >= 15 is 0 Å². The third-order valence-corrected chi connectivity index (χ3v) is 5.77. The van der Waals surface area contributed by atoms with Gasteiger partial charge in [0.15, 0.2) is 10.9 Å². The molecule has 2 heterocycles. The van der Waals surface area contributed by atoms with Crippen molar-refractivity contribution in [2.45, 2.75) is 26.8 Å². The van der Waals surface area contributed by atoms with Crippen LogP contribution in [0.4, 0.5) is 13.9 Å². The molecule has 0 saturated heterocycles. The number of halogens is 2. The van der Waals surface area contributed by atoms with Crippen LogP contribution >= 0.6 is 11.3 Å². The molecule has 0 saturated carbocycles. The first kappa shape index (κ1) is 22.0. The van der Waals surface area contributed by atoms with Crippen molar-refractivity contribution in [1.29, 1.82) is 0 Å². The second-order valence-corrected chi connectivity index (χ2v) is 8.33. The smallest absolute Gasteiger partial charge is 0.256 e. The lowest BCUT2D eigenvalue weighted by molar-refractivity contribution is -0.119. The minimum absolute atomic E-state index is 0.0202. The molecule has 0 atom stereocenters. The fourth-order valence-electron chi connectivity index (χ4n) is 2.95. The first-order valence-corrected chi connectivity index (χ1v) is 10.2. The molecule has 3 rings (SSSR count). The molecule has 3 aromatic rings. The summed E-state index contributed by atoms with van der Waals surface area (Å²) >= 11 is 1.04. The number of aromatic nitrogens is 3. The molecule has 1 aromatic carbocycles. The van der Waals surface area contributed by atoms with Crippen molar-refractivity contribution < 1.29 is 13.6 Å². The van der Waals surface area contributed by atoms with Crippen molar-refractivity contribution in [3.05, 3.63) is 51.7 Å². The zero-order chi connectivity index (χ0) is 22.0. The summed E-state index contributed by atoms with van der Waals surface area (Å²) in [5.74, 6) is -1.85. The number of hydrogen-bond acceptors (Lipinski definition) is 6. The Morgan fingerprint density at radius 2 is 1.93 bits per heavy atom. The van der Waals surface area contributed by atoms with E-state index in [1.54, 1.807) is 13.8 Å².